The summed E-state index contributed by atoms with van der Waals surface area (Å²) >= 11 is 0. The van der Waals surface area contributed by atoms with Crippen molar-refractivity contribution in [2.45, 2.75) is 20.4 Å². The molecule has 0 bridgehead atoms. The zero-order chi connectivity index (χ0) is 15.9. The Morgan fingerprint density at radius 3 is 2.73 bits per heavy atom. The second-order valence-electron chi connectivity index (χ2n) is 4.82. The van der Waals surface area contributed by atoms with E-state index >= 15 is 0 Å². The van der Waals surface area contributed by atoms with E-state index in [1.54, 1.807) is 12.1 Å². The van der Waals surface area contributed by atoms with E-state index in [2.05, 4.69) is 15.8 Å². The minimum atomic E-state index is -0.826. The maximum Gasteiger partial charge on any atom is 0.329 e. The molecule has 1 aromatic heterocycles. The summed E-state index contributed by atoms with van der Waals surface area (Å²) in [4.78, 5) is 23.1. The van der Waals surface area contributed by atoms with Gasteiger partial charge in [0.2, 0.25) is 0 Å². The minimum Gasteiger partial charge on any atom is -0.467 e. The van der Waals surface area contributed by atoms with Crippen molar-refractivity contribution in [3.8, 4) is 0 Å². The number of benzene rings is 1. The number of nitrogens with one attached hydrogen (secondary N) is 2. The van der Waals surface area contributed by atoms with Gasteiger partial charge in [-0.3, -0.25) is 9.59 Å². The lowest BCUT2D eigenvalue weighted by atomic mass is 10.1. The van der Waals surface area contributed by atoms with Crippen LogP contribution in [0, 0.1) is 13.8 Å². The molecule has 2 rings (SSSR count). The van der Waals surface area contributed by atoms with Crippen LogP contribution >= 0.6 is 0 Å². The van der Waals surface area contributed by atoms with Crippen LogP contribution in [-0.2, 0) is 16.1 Å². The predicted molar refractivity (Wildman–Crippen MR) is 82.2 cm³/mol. The fourth-order valence-corrected chi connectivity index (χ4v) is 1.84. The van der Waals surface area contributed by atoms with Gasteiger partial charge in [-0.05, 0) is 37.1 Å². The van der Waals surface area contributed by atoms with Crippen LogP contribution in [0.15, 0.2) is 46.1 Å². The van der Waals surface area contributed by atoms with Gasteiger partial charge >= 0.3 is 11.8 Å². The molecule has 6 heteroatoms. The van der Waals surface area contributed by atoms with Crippen LogP contribution in [0.4, 0.5) is 0 Å². The molecule has 0 unspecified atom stereocenters. The Kier molecular flexibility index (Phi) is 5.08. The summed E-state index contributed by atoms with van der Waals surface area (Å²) < 4.78 is 5.05. The standard InChI is InChI=1S/C16H17N3O3/c1-11-5-6-13(12(2)8-11)9-18-19-16(21)15(20)17-10-14-4-3-7-22-14/h3-9H,10H2,1-2H3,(H,17,20)(H,19,21)/b18-9+. The van der Waals surface area contributed by atoms with Gasteiger partial charge in [0.25, 0.3) is 0 Å². The van der Waals surface area contributed by atoms with Crippen LogP contribution in [0.25, 0.3) is 0 Å². The van der Waals surface area contributed by atoms with E-state index in [4.69, 9.17) is 4.42 Å². The first kappa shape index (κ1) is 15.5. The summed E-state index contributed by atoms with van der Waals surface area (Å²) in [5.41, 5.74) is 5.26. The van der Waals surface area contributed by atoms with Crippen molar-refractivity contribution in [2.24, 2.45) is 5.10 Å². The smallest absolute Gasteiger partial charge is 0.329 e. The Bertz CT molecular complexity index is 691. The highest BCUT2D eigenvalue weighted by atomic mass is 16.3. The number of furan rings is 1. The van der Waals surface area contributed by atoms with Gasteiger partial charge in [0.05, 0.1) is 19.0 Å². The van der Waals surface area contributed by atoms with Gasteiger partial charge in [0.1, 0.15) is 5.76 Å². The van der Waals surface area contributed by atoms with Crippen LogP contribution < -0.4 is 10.7 Å². The van der Waals surface area contributed by atoms with Crippen LogP contribution in [0.5, 0.6) is 0 Å². The molecule has 0 saturated carbocycles. The van der Waals surface area contributed by atoms with E-state index < -0.39 is 11.8 Å². The van der Waals surface area contributed by atoms with Crippen molar-refractivity contribution in [1.29, 1.82) is 0 Å². The van der Waals surface area contributed by atoms with Gasteiger partial charge < -0.3 is 9.73 Å². The van der Waals surface area contributed by atoms with Gasteiger partial charge in [-0.1, -0.05) is 23.8 Å². The number of amides is 2. The number of carbonyl (C=O) groups is 2. The molecule has 2 amide bonds. The van der Waals surface area contributed by atoms with E-state index in [0.717, 1.165) is 16.7 Å². The zero-order valence-corrected chi connectivity index (χ0v) is 12.4. The van der Waals surface area contributed by atoms with Gasteiger partial charge in [0.15, 0.2) is 0 Å². The number of rotatable bonds is 4. The first-order chi connectivity index (χ1) is 10.6. The summed E-state index contributed by atoms with van der Waals surface area (Å²) in [6.07, 6.45) is 3.00. The number of carbonyl (C=O) groups excluding carboxylic acids is 2. The van der Waals surface area contributed by atoms with Crippen LogP contribution in [0.1, 0.15) is 22.5 Å². The SMILES string of the molecule is Cc1ccc(/C=N/NC(=O)C(=O)NCc2ccco2)c(C)c1. The van der Waals surface area contributed by atoms with Crippen molar-refractivity contribution >= 4 is 18.0 Å². The van der Waals surface area contributed by atoms with Crippen LogP contribution in [0.3, 0.4) is 0 Å². The zero-order valence-electron chi connectivity index (χ0n) is 12.4. The number of nitrogens with zero attached hydrogens (tertiary/aromatic N) is 1. The highest BCUT2D eigenvalue weighted by molar-refractivity contribution is 6.35. The largest absolute Gasteiger partial charge is 0.467 e. The summed E-state index contributed by atoms with van der Waals surface area (Å²) in [6.45, 7) is 4.10. The Hall–Kier alpha value is -2.89. The molecule has 0 radical (unpaired) electrons. The molecule has 1 heterocycles. The molecule has 2 aromatic rings. The van der Waals surface area contributed by atoms with Crippen molar-refractivity contribution in [3.63, 3.8) is 0 Å². The van der Waals surface area contributed by atoms with E-state index in [1.807, 2.05) is 32.0 Å². The molecule has 0 aliphatic heterocycles. The Morgan fingerprint density at radius 2 is 2.05 bits per heavy atom. The van der Waals surface area contributed by atoms with Gasteiger partial charge in [-0.15, -0.1) is 0 Å². The average molecular weight is 299 g/mol. The third kappa shape index (κ3) is 4.31. The van der Waals surface area contributed by atoms with Crippen molar-refractivity contribution < 1.29 is 14.0 Å². The molecular weight excluding hydrogens is 282 g/mol. The molecule has 6 nitrogen and oxygen atoms in total. The highest BCUT2D eigenvalue weighted by Gasteiger charge is 2.12. The Labute approximate surface area is 128 Å². The summed E-state index contributed by atoms with van der Waals surface area (Å²) in [6, 6.07) is 9.27. The fraction of sp³-hybridized carbons (Fsp3) is 0.188. The topological polar surface area (TPSA) is 83.7 Å². The third-order valence-electron chi connectivity index (χ3n) is 3.00. The molecule has 0 atom stereocenters. The summed E-state index contributed by atoms with van der Waals surface area (Å²) in [7, 11) is 0. The Balaban J connectivity index is 1.83. The van der Waals surface area contributed by atoms with E-state index in [0.29, 0.717) is 5.76 Å². The maximum atomic E-state index is 11.6. The quantitative estimate of drug-likeness (QED) is 0.511. The lowest BCUT2D eigenvalue weighted by Gasteiger charge is -2.03. The molecule has 2 N–H and O–H groups in total. The fourth-order valence-electron chi connectivity index (χ4n) is 1.84. The van der Waals surface area contributed by atoms with E-state index in [9.17, 15) is 9.59 Å². The predicted octanol–water partition coefficient (Wildman–Crippen LogP) is 1.66. The van der Waals surface area contributed by atoms with Gasteiger partial charge in [-0.25, -0.2) is 5.43 Å². The highest BCUT2D eigenvalue weighted by Crippen LogP contribution is 2.07. The second-order valence-corrected chi connectivity index (χ2v) is 4.82. The molecule has 114 valence electrons. The second kappa shape index (κ2) is 7.21. The third-order valence-corrected chi connectivity index (χ3v) is 3.00. The summed E-state index contributed by atoms with van der Waals surface area (Å²) in [5, 5.41) is 6.22. The molecule has 0 spiro atoms. The monoisotopic (exact) mass is 299 g/mol. The Morgan fingerprint density at radius 1 is 1.23 bits per heavy atom. The number of hydrogen-bond donors (Lipinski definition) is 2. The van der Waals surface area contributed by atoms with E-state index in [1.165, 1.54) is 12.5 Å². The van der Waals surface area contributed by atoms with Crippen molar-refractivity contribution in [3.05, 3.63) is 59.0 Å². The van der Waals surface area contributed by atoms with Gasteiger partial charge in [0, 0.05) is 0 Å². The first-order valence-corrected chi connectivity index (χ1v) is 6.77. The molecule has 0 fully saturated rings. The minimum absolute atomic E-state index is 0.153. The average Bonchev–Trinajstić information content (AvgIpc) is 3.00. The molecule has 1 aromatic carbocycles. The van der Waals surface area contributed by atoms with Crippen LogP contribution in [0.2, 0.25) is 0 Å². The van der Waals surface area contributed by atoms with Crippen LogP contribution in [-0.4, -0.2) is 18.0 Å². The normalized spacial score (nSPS) is 10.6. The van der Waals surface area contributed by atoms with Crippen molar-refractivity contribution in [1.82, 2.24) is 10.7 Å². The maximum absolute atomic E-state index is 11.6. The number of aryl methyl sites for hydroxylation is 2. The van der Waals surface area contributed by atoms with Crippen molar-refractivity contribution in [2.75, 3.05) is 0 Å². The molecule has 0 saturated heterocycles. The van der Waals surface area contributed by atoms with Gasteiger partial charge in [-0.2, -0.15) is 5.10 Å². The lowest BCUT2D eigenvalue weighted by Crippen LogP contribution is -2.37. The lowest BCUT2D eigenvalue weighted by molar-refractivity contribution is -0.139. The number of hydrogen-bond acceptors (Lipinski definition) is 4. The molecule has 22 heavy (non-hydrogen) atoms. The molecular formula is C16H17N3O3. The molecule has 0 aliphatic rings. The van der Waals surface area contributed by atoms with E-state index in [-0.39, 0.29) is 6.54 Å². The first-order valence-electron chi connectivity index (χ1n) is 6.77. The number of hydrazone groups is 1. The summed E-state index contributed by atoms with van der Waals surface area (Å²) in [5.74, 6) is -1.03. The molecule has 0 aliphatic carbocycles.